The normalized spacial score (nSPS) is 13.6. The van der Waals surface area contributed by atoms with Crippen molar-refractivity contribution in [1.29, 1.82) is 0 Å². The van der Waals surface area contributed by atoms with Gasteiger partial charge in [-0.25, -0.2) is 0 Å². The Kier molecular flexibility index (Phi) is 19.7. The molecule has 2 atom stereocenters. The van der Waals surface area contributed by atoms with Crippen LogP contribution in [0, 0.1) is 0 Å². The molecule has 0 spiro atoms. The van der Waals surface area contributed by atoms with Gasteiger partial charge in [0.25, 0.3) is 0 Å². The number of hydrogen-bond donors (Lipinski definition) is 3. The van der Waals surface area contributed by atoms with Gasteiger partial charge in [0.2, 0.25) is 0 Å². The number of unbranched alkanes of at least 4 members (excludes halogenated alkanes) is 12. The Labute approximate surface area is 167 Å². The van der Waals surface area contributed by atoms with E-state index in [1.54, 1.807) is 0 Å². The van der Waals surface area contributed by atoms with Crippen LogP contribution in [0.15, 0.2) is 0 Å². The lowest BCUT2D eigenvalue weighted by atomic mass is 10.00. The fourth-order valence-corrected chi connectivity index (χ4v) is 3.55. The smallest absolute Gasteiger partial charge is 0.303 e. The maximum Gasteiger partial charge on any atom is 0.303 e. The summed E-state index contributed by atoms with van der Waals surface area (Å²) in [6.07, 6.45) is 19.2. The van der Waals surface area contributed by atoms with E-state index in [2.05, 4.69) is 6.92 Å². The van der Waals surface area contributed by atoms with Gasteiger partial charge in [0.15, 0.2) is 0 Å². The van der Waals surface area contributed by atoms with Crippen LogP contribution in [0.3, 0.4) is 0 Å². The van der Waals surface area contributed by atoms with E-state index in [-0.39, 0.29) is 18.6 Å². The van der Waals surface area contributed by atoms with Gasteiger partial charge in [0.05, 0.1) is 12.2 Å². The fraction of sp³-hybridized carbons (Fsp3) is 0.957. The molecule has 0 saturated carbocycles. The van der Waals surface area contributed by atoms with E-state index in [1.165, 1.54) is 44.9 Å². The van der Waals surface area contributed by atoms with Gasteiger partial charge in [-0.2, -0.15) is 0 Å². The lowest BCUT2D eigenvalue weighted by Gasteiger charge is -2.14. The predicted octanol–water partition coefficient (Wildman–Crippen LogP) is 6.22. The highest BCUT2D eigenvalue weighted by Gasteiger charge is 2.09. The van der Waals surface area contributed by atoms with Crippen molar-refractivity contribution in [3.8, 4) is 0 Å². The molecular formula is C23H46O4. The van der Waals surface area contributed by atoms with Crippen molar-refractivity contribution in [2.24, 2.45) is 0 Å². The van der Waals surface area contributed by atoms with Crippen molar-refractivity contribution in [2.45, 2.75) is 141 Å². The first-order valence-electron chi connectivity index (χ1n) is 11.6. The molecule has 0 rings (SSSR count). The summed E-state index contributed by atoms with van der Waals surface area (Å²) in [5, 5.41) is 28.7. The van der Waals surface area contributed by atoms with E-state index in [9.17, 15) is 15.0 Å². The molecule has 3 N–H and O–H groups in total. The Balaban J connectivity index is 3.33. The summed E-state index contributed by atoms with van der Waals surface area (Å²) in [4.78, 5) is 10.4. The number of carboxylic acids is 1. The number of aliphatic hydroxyl groups excluding tert-OH is 2. The van der Waals surface area contributed by atoms with E-state index in [4.69, 9.17) is 5.11 Å². The molecule has 0 aromatic rings. The second kappa shape index (κ2) is 20.1. The predicted molar refractivity (Wildman–Crippen MR) is 113 cm³/mol. The highest BCUT2D eigenvalue weighted by Crippen LogP contribution is 2.16. The maximum absolute atomic E-state index is 10.4. The summed E-state index contributed by atoms with van der Waals surface area (Å²) < 4.78 is 0. The second-order valence-electron chi connectivity index (χ2n) is 8.20. The molecule has 0 heterocycles. The Morgan fingerprint density at radius 2 is 0.963 bits per heavy atom. The van der Waals surface area contributed by atoms with Crippen LogP contribution < -0.4 is 0 Å². The van der Waals surface area contributed by atoms with Crippen molar-refractivity contribution in [2.75, 3.05) is 0 Å². The van der Waals surface area contributed by atoms with Crippen LogP contribution in [-0.2, 0) is 4.79 Å². The molecule has 4 nitrogen and oxygen atoms in total. The van der Waals surface area contributed by atoms with Gasteiger partial charge in [-0.3, -0.25) is 4.79 Å². The molecule has 0 aromatic heterocycles. The van der Waals surface area contributed by atoms with Crippen molar-refractivity contribution in [3.05, 3.63) is 0 Å². The quantitative estimate of drug-likeness (QED) is 0.204. The molecule has 0 aliphatic carbocycles. The minimum atomic E-state index is -0.706. The van der Waals surface area contributed by atoms with Crippen LogP contribution >= 0.6 is 0 Å². The van der Waals surface area contributed by atoms with Gasteiger partial charge in [-0.15, -0.1) is 0 Å². The summed E-state index contributed by atoms with van der Waals surface area (Å²) in [6, 6.07) is 0. The monoisotopic (exact) mass is 386 g/mol. The molecule has 0 aliphatic rings. The third-order valence-corrected chi connectivity index (χ3v) is 5.40. The van der Waals surface area contributed by atoms with Gasteiger partial charge in [-0.05, 0) is 32.1 Å². The zero-order valence-corrected chi connectivity index (χ0v) is 17.8. The Bertz CT molecular complexity index is 320. The molecule has 0 aromatic carbocycles. The van der Waals surface area contributed by atoms with Gasteiger partial charge in [-0.1, -0.05) is 90.4 Å². The summed E-state index contributed by atoms with van der Waals surface area (Å²) in [5.41, 5.74) is 0. The van der Waals surface area contributed by atoms with Gasteiger partial charge < -0.3 is 15.3 Å². The lowest BCUT2D eigenvalue weighted by Crippen LogP contribution is -2.13. The minimum Gasteiger partial charge on any atom is -0.481 e. The van der Waals surface area contributed by atoms with E-state index in [0.717, 1.165) is 57.8 Å². The lowest BCUT2D eigenvalue weighted by molar-refractivity contribution is -0.137. The minimum absolute atomic E-state index is 0.256. The molecule has 0 bridgehead atoms. The standard InChI is InChI=1S/C23H46O4/c1-2-3-4-5-6-7-10-13-16-21(24)19-20-22(25)17-14-11-8-9-12-15-18-23(26)27/h21-22,24-25H,2-20H2,1H3,(H,26,27). The molecule has 0 aliphatic heterocycles. The molecule has 0 radical (unpaired) electrons. The van der Waals surface area contributed by atoms with Crippen molar-refractivity contribution in [1.82, 2.24) is 0 Å². The third-order valence-electron chi connectivity index (χ3n) is 5.40. The molecule has 4 heteroatoms. The zero-order valence-electron chi connectivity index (χ0n) is 17.8. The highest BCUT2D eigenvalue weighted by atomic mass is 16.4. The van der Waals surface area contributed by atoms with Crippen LogP contribution in [-0.4, -0.2) is 33.5 Å². The molecule has 0 amide bonds. The molecule has 0 fully saturated rings. The zero-order chi connectivity index (χ0) is 20.2. The number of aliphatic hydroxyl groups is 2. The van der Waals surface area contributed by atoms with Crippen LogP contribution in [0.1, 0.15) is 129 Å². The molecule has 162 valence electrons. The fourth-order valence-electron chi connectivity index (χ4n) is 3.55. The van der Waals surface area contributed by atoms with Gasteiger partial charge >= 0.3 is 5.97 Å². The number of hydrogen-bond acceptors (Lipinski definition) is 3. The van der Waals surface area contributed by atoms with Crippen LogP contribution in [0.4, 0.5) is 0 Å². The average molecular weight is 387 g/mol. The summed E-state index contributed by atoms with van der Waals surface area (Å²) in [6.45, 7) is 2.24. The number of carbonyl (C=O) groups is 1. The molecular weight excluding hydrogens is 340 g/mol. The summed E-state index contributed by atoms with van der Waals surface area (Å²) >= 11 is 0. The summed E-state index contributed by atoms with van der Waals surface area (Å²) in [7, 11) is 0. The van der Waals surface area contributed by atoms with E-state index < -0.39 is 5.97 Å². The topological polar surface area (TPSA) is 77.8 Å². The Hall–Kier alpha value is -0.610. The van der Waals surface area contributed by atoms with E-state index >= 15 is 0 Å². The van der Waals surface area contributed by atoms with E-state index in [1.807, 2.05) is 0 Å². The highest BCUT2D eigenvalue weighted by molar-refractivity contribution is 5.66. The van der Waals surface area contributed by atoms with Crippen LogP contribution in [0.25, 0.3) is 0 Å². The first-order chi connectivity index (χ1) is 13.1. The Morgan fingerprint density at radius 1 is 0.593 bits per heavy atom. The summed E-state index contributed by atoms with van der Waals surface area (Å²) in [5.74, 6) is -0.706. The SMILES string of the molecule is CCCCCCCCCCC(O)CCC(O)CCCCCCCCC(=O)O. The maximum atomic E-state index is 10.4. The average Bonchev–Trinajstić information content (AvgIpc) is 2.64. The van der Waals surface area contributed by atoms with Gasteiger partial charge in [0.1, 0.15) is 0 Å². The first kappa shape index (κ1) is 26.4. The first-order valence-corrected chi connectivity index (χ1v) is 11.6. The molecule has 2 unspecified atom stereocenters. The second-order valence-corrected chi connectivity index (χ2v) is 8.20. The van der Waals surface area contributed by atoms with Crippen LogP contribution in [0.5, 0.6) is 0 Å². The third kappa shape index (κ3) is 21.5. The van der Waals surface area contributed by atoms with Crippen molar-refractivity contribution >= 4 is 5.97 Å². The van der Waals surface area contributed by atoms with Gasteiger partial charge in [0, 0.05) is 6.42 Å². The molecule has 0 saturated heterocycles. The Morgan fingerprint density at radius 3 is 1.37 bits per heavy atom. The number of carboxylic acid groups (broad SMARTS) is 1. The van der Waals surface area contributed by atoms with E-state index in [0.29, 0.717) is 12.8 Å². The van der Waals surface area contributed by atoms with Crippen molar-refractivity contribution < 1.29 is 20.1 Å². The largest absolute Gasteiger partial charge is 0.481 e. The number of aliphatic carboxylic acids is 1. The number of rotatable bonds is 21. The van der Waals surface area contributed by atoms with Crippen molar-refractivity contribution in [3.63, 3.8) is 0 Å². The van der Waals surface area contributed by atoms with Crippen LogP contribution in [0.2, 0.25) is 0 Å². The molecule has 27 heavy (non-hydrogen) atoms.